The fourth-order valence-electron chi connectivity index (χ4n) is 1.22. The van der Waals surface area contributed by atoms with Crippen molar-refractivity contribution in [3.8, 4) is 0 Å². The molecule has 0 spiro atoms. The second-order valence-corrected chi connectivity index (χ2v) is 3.65. The Morgan fingerprint density at radius 1 is 1.50 bits per heavy atom. The average molecular weight is 260 g/mol. The van der Waals surface area contributed by atoms with Gasteiger partial charge in [0.1, 0.15) is 11.3 Å². The maximum Gasteiger partial charge on any atom is 0.139 e. The van der Waals surface area contributed by atoms with Crippen LogP contribution in [0.4, 0.5) is 4.39 Å². The third-order valence-corrected chi connectivity index (χ3v) is 2.48. The number of halogens is 2. The van der Waals surface area contributed by atoms with Gasteiger partial charge < -0.3 is 5.11 Å². The van der Waals surface area contributed by atoms with Gasteiger partial charge in [0, 0.05) is 6.07 Å². The van der Waals surface area contributed by atoms with Crippen LogP contribution in [0.2, 0.25) is 0 Å². The molecule has 4 nitrogen and oxygen atoms in total. The van der Waals surface area contributed by atoms with Gasteiger partial charge in [-0.25, -0.2) is 9.07 Å². The van der Waals surface area contributed by atoms with Gasteiger partial charge in [-0.2, -0.15) is 0 Å². The number of hydrogen-bond acceptors (Lipinski definition) is 3. The van der Waals surface area contributed by atoms with Crippen LogP contribution in [-0.2, 0) is 6.54 Å². The highest BCUT2D eigenvalue weighted by molar-refractivity contribution is 9.10. The van der Waals surface area contributed by atoms with E-state index in [1.54, 1.807) is 6.07 Å². The molecule has 0 saturated carbocycles. The zero-order valence-corrected chi connectivity index (χ0v) is 8.70. The monoisotopic (exact) mass is 259 g/mol. The van der Waals surface area contributed by atoms with Crippen molar-refractivity contribution in [1.29, 1.82) is 0 Å². The minimum atomic E-state index is -0.367. The van der Waals surface area contributed by atoms with Crippen LogP contribution in [-0.4, -0.2) is 26.7 Å². The standard InChI is InChI=1S/C8H7BrFN3O/c9-5-3-8-7(4-6(5)10)11-12-13(8)1-2-14/h3-4,14H,1-2H2. The van der Waals surface area contributed by atoms with E-state index in [1.807, 2.05) is 0 Å². The lowest BCUT2D eigenvalue weighted by Gasteiger charge is -1.99. The van der Waals surface area contributed by atoms with Gasteiger partial charge in [-0.3, -0.25) is 0 Å². The van der Waals surface area contributed by atoms with Gasteiger partial charge in [-0.15, -0.1) is 5.10 Å². The topological polar surface area (TPSA) is 50.9 Å². The second-order valence-electron chi connectivity index (χ2n) is 2.79. The third-order valence-electron chi connectivity index (χ3n) is 1.87. The number of hydrogen-bond donors (Lipinski definition) is 1. The molecule has 0 aliphatic rings. The highest BCUT2D eigenvalue weighted by Gasteiger charge is 2.08. The highest BCUT2D eigenvalue weighted by atomic mass is 79.9. The quantitative estimate of drug-likeness (QED) is 0.886. The van der Waals surface area contributed by atoms with E-state index >= 15 is 0 Å². The van der Waals surface area contributed by atoms with Crippen LogP contribution in [0.5, 0.6) is 0 Å². The number of benzene rings is 1. The summed E-state index contributed by atoms with van der Waals surface area (Å²) in [6, 6.07) is 2.90. The minimum Gasteiger partial charge on any atom is -0.394 e. The summed E-state index contributed by atoms with van der Waals surface area (Å²) >= 11 is 3.08. The number of rotatable bonds is 2. The van der Waals surface area contributed by atoms with Crippen molar-refractivity contribution in [2.24, 2.45) is 0 Å². The Hall–Kier alpha value is -1.01. The van der Waals surface area contributed by atoms with Crippen LogP contribution in [0.1, 0.15) is 0 Å². The van der Waals surface area contributed by atoms with E-state index in [1.165, 1.54) is 10.7 Å². The lowest BCUT2D eigenvalue weighted by atomic mass is 10.3. The van der Waals surface area contributed by atoms with Gasteiger partial charge in [0.15, 0.2) is 0 Å². The Balaban J connectivity index is 2.61. The van der Waals surface area contributed by atoms with Gasteiger partial charge in [-0.05, 0) is 22.0 Å². The average Bonchev–Trinajstić information content (AvgIpc) is 2.51. The van der Waals surface area contributed by atoms with Crippen LogP contribution in [0.15, 0.2) is 16.6 Å². The fraction of sp³-hybridized carbons (Fsp3) is 0.250. The van der Waals surface area contributed by atoms with E-state index in [4.69, 9.17) is 5.11 Å². The Kier molecular flexibility index (Phi) is 2.47. The predicted molar refractivity (Wildman–Crippen MR) is 52.3 cm³/mol. The predicted octanol–water partition coefficient (Wildman–Crippen LogP) is 1.33. The smallest absolute Gasteiger partial charge is 0.139 e. The maximum atomic E-state index is 13.1. The third kappa shape index (κ3) is 1.51. The summed E-state index contributed by atoms with van der Waals surface area (Å²) in [5.74, 6) is -0.367. The summed E-state index contributed by atoms with van der Waals surface area (Å²) < 4.78 is 15.0. The van der Waals surface area contributed by atoms with Gasteiger partial charge >= 0.3 is 0 Å². The molecule has 0 aliphatic heterocycles. The van der Waals surface area contributed by atoms with Gasteiger partial charge in [0.05, 0.1) is 23.1 Å². The van der Waals surface area contributed by atoms with Crippen LogP contribution >= 0.6 is 15.9 Å². The molecule has 2 rings (SSSR count). The molecule has 1 N–H and O–H groups in total. The lowest BCUT2D eigenvalue weighted by molar-refractivity contribution is 0.270. The van der Waals surface area contributed by atoms with E-state index in [0.29, 0.717) is 22.1 Å². The Morgan fingerprint density at radius 3 is 3.00 bits per heavy atom. The zero-order chi connectivity index (χ0) is 10.1. The SMILES string of the molecule is OCCn1nnc2cc(F)c(Br)cc21. The van der Waals surface area contributed by atoms with Crippen molar-refractivity contribution in [2.75, 3.05) is 6.61 Å². The van der Waals surface area contributed by atoms with Gasteiger partial charge in [0.25, 0.3) is 0 Å². The molecule has 1 aromatic carbocycles. The number of fused-ring (bicyclic) bond motifs is 1. The molecule has 0 amide bonds. The fourth-order valence-corrected chi connectivity index (χ4v) is 1.55. The highest BCUT2D eigenvalue weighted by Crippen LogP contribution is 2.21. The van der Waals surface area contributed by atoms with E-state index in [9.17, 15) is 4.39 Å². The van der Waals surface area contributed by atoms with Crippen molar-refractivity contribution in [2.45, 2.75) is 6.54 Å². The number of aromatic nitrogens is 3. The molecule has 1 heterocycles. The summed E-state index contributed by atoms with van der Waals surface area (Å²) in [6.45, 7) is 0.335. The Bertz CT molecular complexity index is 471. The van der Waals surface area contributed by atoms with Crippen molar-refractivity contribution < 1.29 is 9.50 Å². The van der Waals surface area contributed by atoms with Crippen molar-refractivity contribution in [3.05, 3.63) is 22.4 Å². The van der Waals surface area contributed by atoms with Crippen LogP contribution in [0.25, 0.3) is 11.0 Å². The van der Waals surface area contributed by atoms with Crippen molar-refractivity contribution >= 4 is 27.0 Å². The maximum absolute atomic E-state index is 13.1. The molecule has 14 heavy (non-hydrogen) atoms. The summed E-state index contributed by atoms with van der Waals surface area (Å²) in [5, 5.41) is 16.3. The number of aliphatic hydroxyl groups excluding tert-OH is 1. The first kappa shape index (κ1) is 9.54. The molecule has 0 atom stereocenters. The molecule has 0 radical (unpaired) electrons. The first-order valence-corrected chi connectivity index (χ1v) is 4.81. The largest absolute Gasteiger partial charge is 0.394 e. The number of aliphatic hydroxyl groups is 1. The second kappa shape index (κ2) is 3.62. The van der Waals surface area contributed by atoms with Crippen LogP contribution in [0.3, 0.4) is 0 Å². The van der Waals surface area contributed by atoms with E-state index in [2.05, 4.69) is 26.2 Å². The summed E-state index contributed by atoms with van der Waals surface area (Å²) in [6.07, 6.45) is 0. The normalized spacial score (nSPS) is 11.1. The molecule has 0 fully saturated rings. The summed E-state index contributed by atoms with van der Waals surface area (Å²) in [7, 11) is 0. The molecular weight excluding hydrogens is 253 g/mol. The van der Waals surface area contributed by atoms with Crippen LogP contribution in [0, 0.1) is 5.82 Å². The molecule has 0 aliphatic carbocycles. The van der Waals surface area contributed by atoms with Crippen molar-refractivity contribution in [1.82, 2.24) is 15.0 Å². The lowest BCUT2D eigenvalue weighted by Crippen LogP contribution is -2.03. The summed E-state index contributed by atoms with van der Waals surface area (Å²) in [4.78, 5) is 0. The van der Waals surface area contributed by atoms with E-state index in [-0.39, 0.29) is 12.4 Å². The molecule has 74 valence electrons. The first-order valence-electron chi connectivity index (χ1n) is 4.01. The Labute approximate surface area is 87.5 Å². The zero-order valence-electron chi connectivity index (χ0n) is 7.11. The molecular formula is C8H7BrFN3O. The molecule has 6 heteroatoms. The van der Waals surface area contributed by atoms with Gasteiger partial charge in [0.2, 0.25) is 0 Å². The Morgan fingerprint density at radius 2 is 2.29 bits per heavy atom. The number of nitrogens with zero attached hydrogens (tertiary/aromatic N) is 3. The first-order chi connectivity index (χ1) is 6.72. The van der Waals surface area contributed by atoms with Crippen molar-refractivity contribution in [3.63, 3.8) is 0 Å². The molecule has 0 bridgehead atoms. The van der Waals surface area contributed by atoms with Gasteiger partial charge in [-0.1, -0.05) is 5.21 Å². The van der Waals surface area contributed by atoms with E-state index < -0.39 is 0 Å². The summed E-state index contributed by atoms with van der Waals surface area (Å²) in [5.41, 5.74) is 1.19. The molecule has 0 saturated heterocycles. The van der Waals surface area contributed by atoms with Crippen LogP contribution < -0.4 is 0 Å². The molecule has 2 aromatic rings. The molecule has 1 aromatic heterocycles. The molecule has 0 unspecified atom stereocenters. The minimum absolute atomic E-state index is 0.0204. The van der Waals surface area contributed by atoms with E-state index in [0.717, 1.165) is 0 Å².